The van der Waals surface area contributed by atoms with Gasteiger partial charge in [0.25, 0.3) is 11.6 Å². The molecule has 1 aliphatic heterocycles. The maximum absolute atomic E-state index is 13.3. The summed E-state index contributed by atoms with van der Waals surface area (Å²) in [4.78, 5) is 24.3. The number of benzene rings is 3. The van der Waals surface area contributed by atoms with Gasteiger partial charge < -0.3 is 15.4 Å². The van der Waals surface area contributed by atoms with E-state index in [1.165, 1.54) is 12.1 Å². The van der Waals surface area contributed by atoms with Gasteiger partial charge in [-0.05, 0) is 61.2 Å². The molecule has 0 fully saturated rings. The highest BCUT2D eigenvalue weighted by Gasteiger charge is 2.40. The van der Waals surface area contributed by atoms with Gasteiger partial charge in [-0.2, -0.15) is 0 Å². The van der Waals surface area contributed by atoms with Crippen molar-refractivity contribution in [2.24, 2.45) is 5.92 Å². The summed E-state index contributed by atoms with van der Waals surface area (Å²) in [5.74, 6) is 0.694. The number of fused-ring (bicyclic) bond motifs is 3. The fraction of sp³-hybridized carbons (Fsp3) is 0.222. The number of nitrogens with zero attached hydrogens (tertiary/aromatic N) is 1. The first kappa shape index (κ1) is 22.9. The van der Waals surface area contributed by atoms with Crippen LogP contribution in [0.5, 0.6) is 5.75 Å². The smallest absolute Gasteiger partial charge is 0.269 e. The van der Waals surface area contributed by atoms with Crippen molar-refractivity contribution < 1.29 is 14.5 Å². The SMILES string of the molecule is CCOc1ccc(NC(=O)c2cccc3c2NC(c2cc([N+](=O)[O-])ccc2Cl)C2CC=CC32)cc1. The van der Waals surface area contributed by atoms with Gasteiger partial charge in [-0.15, -0.1) is 0 Å². The molecular weight excluding hydrogens is 466 g/mol. The van der Waals surface area contributed by atoms with E-state index in [0.717, 1.165) is 23.4 Å². The lowest BCUT2D eigenvalue weighted by molar-refractivity contribution is -0.384. The number of nitro benzene ring substituents is 1. The fourth-order valence-electron chi connectivity index (χ4n) is 5.00. The summed E-state index contributed by atoms with van der Waals surface area (Å²) in [5, 5.41) is 18.4. The Labute approximate surface area is 207 Å². The van der Waals surface area contributed by atoms with E-state index in [9.17, 15) is 14.9 Å². The lowest BCUT2D eigenvalue weighted by Crippen LogP contribution is -2.31. The first-order valence-electron chi connectivity index (χ1n) is 11.5. The Hall–Kier alpha value is -3.84. The van der Waals surface area contributed by atoms with E-state index in [-0.39, 0.29) is 29.5 Å². The summed E-state index contributed by atoms with van der Waals surface area (Å²) in [5.41, 5.74) is 3.55. The van der Waals surface area contributed by atoms with Gasteiger partial charge in [-0.1, -0.05) is 35.9 Å². The molecule has 1 heterocycles. The minimum atomic E-state index is -0.420. The van der Waals surface area contributed by atoms with Crippen LogP contribution in [0.2, 0.25) is 5.02 Å². The van der Waals surface area contributed by atoms with Gasteiger partial charge in [0.05, 0.1) is 28.8 Å². The Morgan fingerprint density at radius 2 is 1.97 bits per heavy atom. The van der Waals surface area contributed by atoms with Crippen molar-refractivity contribution in [1.29, 1.82) is 0 Å². The highest BCUT2D eigenvalue weighted by Crippen LogP contribution is 2.52. The number of allylic oxidation sites excluding steroid dienone is 2. The van der Waals surface area contributed by atoms with Crippen LogP contribution >= 0.6 is 11.6 Å². The number of nitro groups is 1. The fourth-order valence-corrected chi connectivity index (χ4v) is 5.24. The first-order chi connectivity index (χ1) is 17.0. The number of hydrogen-bond acceptors (Lipinski definition) is 5. The molecule has 178 valence electrons. The zero-order valence-corrected chi connectivity index (χ0v) is 19.8. The average Bonchev–Trinajstić information content (AvgIpc) is 3.35. The van der Waals surface area contributed by atoms with E-state index in [2.05, 4.69) is 22.8 Å². The molecule has 3 aromatic rings. The van der Waals surface area contributed by atoms with Crippen molar-refractivity contribution in [1.82, 2.24) is 0 Å². The number of rotatable bonds is 6. The molecule has 0 spiro atoms. The molecule has 1 aliphatic carbocycles. The van der Waals surface area contributed by atoms with E-state index >= 15 is 0 Å². The Bertz CT molecular complexity index is 1320. The molecular formula is C27H24ClN3O4. The molecule has 1 amide bonds. The van der Waals surface area contributed by atoms with Gasteiger partial charge in [0.1, 0.15) is 5.75 Å². The van der Waals surface area contributed by atoms with Crippen LogP contribution in [0.4, 0.5) is 17.1 Å². The molecule has 0 aromatic heterocycles. The summed E-state index contributed by atoms with van der Waals surface area (Å²) < 4.78 is 5.47. The predicted molar refractivity (Wildman–Crippen MR) is 136 cm³/mol. The topological polar surface area (TPSA) is 93.5 Å². The van der Waals surface area contributed by atoms with Gasteiger partial charge in [-0.3, -0.25) is 14.9 Å². The molecule has 5 rings (SSSR count). The molecule has 0 saturated heterocycles. The van der Waals surface area contributed by atoms with Crippen LogP contribution in [-0.4, -0.2) is 17.4 Å². The second-order valence-electron chi connectivity index (χ2n) is 8.62. The second kappa shape index (κ2) is 9.43. The molecule has 0 bridgehead atoms. The third-order valence-electron chi connectivity index (χ3n) is 6.59. The number of carbonyl (C=O) groups is 1. The second-order valence-corrected chi connectivity index (χ2v) is 9.03. The van der Waals surface area contributed by atoms with Crippen molar-refractivity contribution >= 4 is 34.6 Å². The highest BCUT2D eigenvalue weighted by atomic mass is 35.5. The monoisotopic (exact) mass is 489 g/mol. The minimum absolute atomic E-state index is 0.0129. The predicted octanol–water partition coefficient (Wildman–Crippen LogP) is 6.73. The number of carbonyl (C=O) groups excluding carboxylic acids is 1. The van der Waals surface area contributed by atoms with E-state index in [0.29, 0.717) is 28.4 Å². The molecule has 3 atom stereocenters. The van der Waals surface area contributed by atoms with Crippen LogP contribution in [0.1, 0.15) is 46.8 Å². The van der Waals surface area contributed by atoms with Crippen LogP contribution in [0.15, 0.2) is 72.8 Å². The number of anilines is 2. The number of nitrogens with one attached hydrogen (secondary N) is 2. The molecule has 2 aliphatic rings. The number of ether oxygens (including phenoxy) is 1. The molecule has 3 unspecified atom stereocenters. The van der Waals surface area contributed by atoms with E-state index in [4.69, 9.17) is 16.3 Å². The third-order valence-corrected chi connectivity index (χ3v) is 6.93. The van der Waals surface area contributed by atoms with Crippen LogP contribution in [0.25, 0.3) is 0 Å². The van der Waals surface area contributed by atoms with E-state index in [1.54, 1.807) is 24.3 Å². The summed E-state index contributed by atoms with van der Waals surface area (Å²) in [6, 6.07) is 17.1. The Balaban J connectivity index is 1.50. The van der Waals surface area contributed by atoms with Gasteiger partial charge in [0.2, 0.25) is 0 Å². The Morgan fingerprint density at radius 1 is 1.17 bits per heavy atom. The zero-order chi connectivity index (χ0) is 24.5. The van der Waals surface area contributed by atoms with Gasteiger partial charge in [0, 0.05) is 34.3 Å². The lowest BCUT2D eigenvalue weighted by Gasteiger charge is -2.38. The van der Waals surface area contributed by atoms with Crippen LogP contribution < -0.4 is 15.4 Å². The molecule has 3 aromatic carbocycles. The van der Waals surface area contributed by atoms with E-state index < -0.39 is 4.92 Å². The quantitative estimate of drug-likeness (QED) is 0.227. The molecule has 0 radical (unpaired) electrons. The Morgan fingerprint density at radius 3 is 2.71 bits per heavy atom. The summed E-state index contributed by atoms with van der Waals surface area (Å²) in [6.07, 6.45) is 5.08. The summed E-state index contributed by atoms with van der Waals surface area (Å²) >= 11 is 6.52. The van der Waals surface area contributed by atoms with E-state index in [1.807, 2.05) is 31.2 Å². The van der Waals surface area contributed by atoms with Crippen molar-refractivity contribution in [3.63, 3.8) is 0 Å². The standard InChI is InChI=1S/C27H24ClN3O4/c1-2-35-18-12-9-16(10-13-18)29-27(32)22-8-4-7-20-19-5-3-6-21(19)26(30-25(20)22)23-15-17(31(33)34)11-14-24(23)28/h3-5,7-15,19,21,26,30H,2,6H2,1H3,(H,29,32). The first-order valence-corrected chi connectivity index (χ1v) is 11.9. The van der Waals surface area contributed by atoms with Crippen molar-refractivity contribution in [3.8, 4) is 5.75 Å². The minimum Gasteiger partial charge on any atom is -0.494 e. The number of amides is 1. The normalized spacial score (nSPS) is 19.9. The lowest BCUT2D eigenvalue weighted by atomic mass is 9.76. The molecule has 0 saturated carbocycles. The largest absolute Gasteiger partial charge is 0.494 e. The van der Waals surface area contributed by atoms with Crippen molar-refractivity contribution in [3.05, 3.63) is 105 Å². The number of halogens is 1. The molecule has 8 heteroatoms. The number of hydrogen-bond donors (Lipinski definition) is 2. The van der Waals surface area contributed by atoms with Gasteiger partial charge in [-0.25, -0.2) is 0 Å². The molecule has 2 N–H and O–H groups in total. The van der Waals surface area contributed by atoms with Crippen LogP contribution in [0, 0.1) is 16.0 Å². The maximum atomic E-state index is 13.3. The number of para-hydroxylation sites is 1. The third kappa shape index (κ3) is 4.35. The van der Waals surface area contributed by atoms with Crippen LogP contribution in [0.3, 0.4) is 0 Å². The van der Waals surface area contributed by atoms with Crippen LogP contribution in [-0.2, 0) is 0 Å². The number of non-ortho nitro benzene ring substituents is 1. The van der Waals surface area contributed by atoms with Gasteiger partial charge in [0.15, 0.2) is 0 Å². The maximum Gasteiger partial charge on any atom is 0.269 e. The summed E-state index contributed by atoms with van der Waals surface area (Å²) in [6.45, 7) is 2.49. The van der Waals surface area contributed by atoms with Gasteiger partial charge >= 0.3 is 0 Å². The molecule has 35 heavy (non-hydrogen) atoms. The van der Waals surface area contributed by atoms with Crippen molar-refractivity contribution in [2.75, 3.05) is 17.2 Å². The highest BCUT2D eigenvalue weighted by molar-refractivity contribution is 6.31. The summed E-state index contributed by atoms with van der Waals surface area (Å²) in [7, 11) is 0. The Kier molecular flexibility index (Phi) is 6.17. The van der Waals surface area contributed by atoms with Crippen molar-refractivity contribution in [2.45, 2.75) is 25.3 Å². The zero-order valence-electron chi connectivity index (χ0n) is 19.0. The molecule has 7 nitrogen and oxygen atoms in total. The average molecular weight is 490 g/mol.